The van der Waals surface area contributed by atoms with Crippen molar-refractivity contribution in [3.05, 3.63) is 30.3 Å². The van der Waals surface area contributed by atoms with Crippen LogP contribution in [0.15, 0.2) is 35.3 Å². The number of aliphatic hydroxyl groups is 1. The summed E-state index contributed by atoms with van der Waals surface area (Å²) in [6.45, 7) is 2.77. The van der Waals surface area contributed by atoms with E-state index in [1.807, 2.05) is 37.3 Å². The lowest BCUT2D eigenvalue weighted by Gasteiger charge is -2.22. The Bertz CT molecular complexity index is 445. The van der Waals surface area contributed by atoms with Crippen molar-refractivity contribution in [2.24, 2.45) is 4.99 Å². The van der Waals surface area contributed by atoms with Crippen molar-refractivity contribution in [2.75, 3.05) is 24.6 Å². The molecule has 0 aliphatic carbocycles. The van der Waals surface area contributed by atoms with E-state index in [2.05, 4.69) is 10.3 Å². The van der Waals surface area contributed by atoms with Crippen molar-refractivity contribution < 1.29 is 9.90 Å². The fourth-order valence-corrected chi connectivity index (χ4v) is 1.87. The van der Waals surface area contributed by atoms with Crippen molar-refractivity contribution >= 4 is 17.4 Å². The number of amides is 1. The fraction of sp³-hybridized carbons (Fsp3) is 0.385. The second-order valence-electron chi connectivity index (χ2n) is 4.25. The molecule has 1 aromatic rings. The minimum absolute atomic E-state index is 0.0799. The SMILES string of the molecule is CC1CN=C(C(=O)N(CCO)c2ccccc2)N1. The van der Waals surface area contributed by atoms with Gasteiger partial charge in [-0.2, -0.15) is 0 Å². The summed E-state index contributed by atoms with van der Waals surface area (Å²) in [5.74, 6) is 0.180. The van der Waals surface area contributed by atoms with E-state index in [-0.39, 0.29) is 25.1 Å². The molecule has 2 rings (SSSR count). The molecule has 96 valence electrons. The van der Waals surface area contributed by atoms with E-state index in [1.165, 1.54) is 4.90 Å². The molecule has 0 bridgehead atoms. The maximum atomic E-state index is 12.3. The first-order chi connectivity index (χ1) is 8.72. The maximum absolute atomic E-state index is 12.3. The fourth-order valence-electron chi connectivity index (χ4n) is 1.87. The van der Waals surface area contributed by atoms with Gasteiger partial charge < -0.3 is 15.3 Å². The molecule has 5 heteroatoms. The summed E-state index contributed by atoms with van der Waals surface area (Å²) < 4.78 is 0. The number of carbonyl (C=O) groups is 1. The number of aliphatic hydroxyl groups excluding tert-OH is 1. The normalized spacial score (nSPS) is 18.1. The van der Waals surface area contributed by atoms with Gasteiger partial charge in [0.25, 0.3) is 5.91 Å². The zero-order chi connectivity index (χ0) is 13.0. The molecule has 1 aromatic carbocycles. The van der Waals surface area contributed by atoms with Crippen LogP contribution in [0.1, 0.15) is 6.92 Å². The molecule has 5 nitrogen and oxygen atoms in total. The Balaban J connectivity index is 2.18. The number of benzene rings is 1. The first kappa shape index (κ1) is 12.6. The molecule has 1 heterocycles. The number of carbonyl (C=O) groups excluding carboxylic acids is 1. The molecular formula is C13H17N3O2. The molecule has 0 saturated heterocycles. The molecule has 0 fully saturated rings. The van der Waals surface area contributed by atoms with E-state index in [4.69, 9.17) is 5.11 Å². The standard InChI is InChI=1S/C13H17N3O2/c1-10-9-14-12(15-10)13(18)16(7-8-17)11-5-3-2-4-6-11/h2-6,10,17H,7-9H2,1H3,(H,14,15). The molecule has 1 unspecified atom stereocenters. The van der Waals surface area contributed by atoms with E-state index in [0.29, 0.717) is 12.4 Å². The number of nitrogens with one attached hydrogen (secondary N) is 1. The number of para-hydroxylation sites is 1. The molecule has 1 aliphatic heterocycles. The molecule has 0 spiro atoms. The number of amidine groups is 1. The first-order valence-electron chi connectivity index (χ1n) is 6.01. The summed E-state index contributed by atoms with van der Waals surface area (Å²) in [5.41, 5.74) is 0.764. The van der Waals surface area contributed by atoms with Gasteiger partial charge in [-0.1, -0.05) is 18.2 Å². The van der Waals surface area contributed by atoms with Gasteiger partial charge in [-0.25, -0.2) is 0 Å². The van der Waals surface area contributed by atoms with Gasteiger partial charge in [-0.3, -0.25) is 9.79 Å². The zero-order valence-electron chi connectivity index (χ0n) is 10.3. The minimum atomic E-state index is -0.195. The van der Waals surface area contributed by atoms with Gasteiger partial charge in [0.15, 0.2) is 5.84 Å². The van der Waals surface area contributed by atoms with Gasteiger partial charge in [-0.15, -0.1) is 0 Å². The molecular weight excluding hydrogens is 230 g/mol. The van der Waals surface area contributed by atoms with Gasteiger partial charge >= 0.3 is 0 Å². The molecule has 0 saturated carbocycles. The average Bonchev–Trinajstić information content (AvgIpc) is 2.83. The van der Waals surface area contributed by atoms with Crippen LogP contribution in [-0.2, 0) is 4.79 Å². The highest BCUT2D eigenvalue weighted by atomic mass is 16.3. The Hall–Kier alpha value is -1.88. The van der Waals surface area contributed by atoms with Crippen molar-refractivity contribution in [1.29, 1.82) is 0 Å². The van der Waals surface area contributed by atoms with Crippen LogP contribution < -0.4 is 10.2 Å². The monoisotopic (exact) mass is 247 g/mol. The highest BCUT2D eigenvalue weighted by molar-refractivity contribution is 6.43. The van der Waals surface area contributed by atoms with Crippen LogP contribution in [0.3, 0.4) is 0 Å². The number of aliphatic imine (C=N–C) groups is 1. The highest BCUT2D eigenvalue weighted by Crippen LogP contribution is 2.14. The smallest absolute Gasteiger partial charge is 0.293 e. The van der Waals surface area contributed by atoms with Gasteiger partial charge in [-0.05, 0) is 19.1 Å². The molecule has 1 aliphatic rings. The van der Waals surface area contributed by atoms with Crippen molar-refractivity contribution in [1.82, 2.24) is 5.32 Å². The summed E-state index contributed by atoms with van der Waals surface area (Å²) in [6.07, 6.45) is 0. The van der Waals surface area contributed by atoms with Crippen molar-refractivity contribution in [3.63, 3.8) is 0 Å². The van der Waals surface area contributed by atoms with Gasteiger partial charge in [0.1, 0.15) is 0 Å². The highest BCUT2D eigenvalue weighted by Gasteiger charge is 2.25. The van der Waals surface area contributed by atoms with Crippen LogP contribution in [0.2, 0.25) is 0 Å². The second-order valence-corrected chi connectivity index (χ2v) is 4.25. The number of rotatable bonds is 4. The lowest BCUT2D eigenvalue weighted by molar-refractivity contribution is -0.112. The summed E-state index contributed by atoms with van der Waals surface area (Å²) in [5, 5.41) is 12.1. The second kappa shape index (κ2) is 5.64. The maximum Gasteiger partial charge on any atom is 0.293 e. The van der Waals surface area contributed by atoms with E-state index < -0.39 is 0 Å². The van der Waals surface area contributed by atoms with Crippen LogP contribution >= 0.6 is 0 Å². The first-order valence-corrected chi connectivity index (χ1v) is 6.01. The molecule has 1 atom stereocenters. The van der Waals surface area contributed by atoms with Crippen LogP contribution in [0.5, 0.6) is 0 Å². The number of anilines is 1. The van der Waals surface area contributed by atoms with Crippen LogP contribution in [0.25, 0.3) is 0 Å². The van der Waals surface area contributed by atoms with Gasteiger partial charge in [0.2, 0.25) is 0 Å². The summed E-state index contributed by atoms with van der Waals surface area (Å²) in [4.78, 5) is 18.0. The van der Waals surface area contributed by atoms with Crippen molar-refractivity contribution in [2.45, 2.75) is 13.0 Å². The number of hydrogen-bond acceptors (Lipinski definition) is 4. The van der Waals surface area contributed by atoms with Crippen LogP contribution in [-0.4, -0.2) is 42.6 Å². The molecule has 18 heavy (non-hydrogen) atoms. The van der Waals surface area contributed by atoms with E-state index in [0.717, 1.165) is 5.69 Å². The quantitative estimate of drug-likeness (QED) is 0.809. The summed E-state index contributed by atoms with van der Waals surface area (Å²) in [6, 6.07) is 9.48. The van der Waals surface area contributed by atoms with Crippen LogP contribution in [0.4, 0.5) is 5.69 Å². The Morgan fingerprint density at radius 3 is 2.78 bits per heavy atom. The Labute approximate surface area is 106 Å². The third-order valence-corrected chi connectivity index (χ3v) is 2.75. The Kier molecular flexibility index (Phi) is 3.94. The van der Waals surface area contributed by atoms with Crippen LogP contribution in [0, 0.1) is 0 Å². The summed E-state index contributed by atoms with van der Waals surface area (Å²) >= 11 is 0. The van der Waals surface area contributed by atoms with Crippen molar-refractivity contribution in [3.8, 4) is 0 Å². The summed E-state index contributed by atoms with van der Waals surface area (Å²) in [7, 11) is 0. The minimum Gasteiger partial charge on any atom is -0.395 e. The zero-order valence-corrected chi connectivity index (χ0v) is 10.3. The lowest BCUT2D eigenvalue weighted by atomic mass is 10.2. The lowest BCUT2D eigenvalue weighted by Crippen LogP contribution is -2.44. The van der Waals surface area contributed by atoms with E-state index >= 15 is 0 Å². The molecule has 2 N–H and O–H groups in total. The molecule has 0 aromatic heterocycles. The van der Waals surface area contributed by atoms with Gasteiger partial charge in [0, 0.05) is 18.3 Å². The largest absolute Gasteiger partial charge is 0.395 e. The number of nitrogens with zero attached hydrogens (tertiary/aromatic N) is 2. The predicted octanol–water partition coefficient (Wildman–Crippen LogP) is 0.402. The third-order valence-electron chi connectivity index (χ3n) is 2.75. The van der Waals surface area contributed by atoms with E-state index in [1.54, 1.807) is 0 Å². The average molecular weight is 247 g/mol. The molecule has 1 amide bonds. The third kappa shape index (κ3) is 2.68. The van der Waals surface area contributed by atoms with Gasteiger partial charge in [0.05, 0.1) is 13.2 Å². The topological polar surface area (TPSA) is 64.9 Å². The Morgan fingerprint density at radius 1 is 1.50 bits per heavy atom. The Morgan fingerprint density at radius 2 is 2.22 bits per heavy atom. The number of hydrogen-bond donors (Lipinski definition) is 2. The predicted molar refractivity (Wildman–Crippen MR) is 70.8 cm³/mol. The van der Waals surface area contributed by atoms with E-state index in [9.17, 15) is 4.79 Å². The molecule has 0 radical (unpaired) electrons.